The van der Waals surface area contributed by atoms with Crippen LogP contribution in [0.3, 0.4) is 0 Å². The van der Waals surface area contributed by atoms with Crippen LogP contribution in [-0.4, -0.2) is 29.3 Å². The van der Waals surface area contributed by atoms with Gasteiger partial charge in [0.1, 0.15) is 0 Å². The van der Waals surface area contributed by atoms with Crippen molar-refractivity contribution in [2.45, 2.75) is 39.8 Å². The molecule has 0 aliphatic heterocycles. The van der Waals surface area contributed by atoms with Crippen LogP contribution in [0, 0.1) is 0 Å². The van der Waals surface area contributed by atoms with Crippen molar-refractivity contribution in [1.29, 1.82) is 0 Å². The molecule has 19 heavy (non-hydrogen) atoms. The summed E-state index contributed by atoms with van der Waals surface area (Å²) in [7, 11) is 0. The standard InChI is InChI=1S/C15H22N2O2/c1-11(2)17(13(4)18)10-15(19)16-12(3)14-8-6-5-7-9-14/h5-9,11-12H,10H2,1-4H3,(H,16,19). The van der Waals surface area contributed by atoms with Crippen LogP contribution in [0.5, 0.6) is 0 Å². The second-order valence-corrected chi connectivity index (χ2v) is 4.94. The van der Waals surface area contributed by atoms with Gasteiger partial charge >= 0.3 is 0 Å². The topological polar surface area (TPSA) is 49.4 Å². The van der Waals surface area contributed by atoms with Crippen LogP contribution in [0.15, 0.2) is 30.3 Å². The molecule has 104 valence electrons. The number of rotatable bonds is 5. The maximum Gasteiger partial charge on any atom is 0.240 e. The molecule has 1 N–H and O–H groups in total. The third-order valence-corrected chi connectivity index (χ3v) is 3.02. The van der Waals surface area contributed by atoms with Crippen molar-refractivity contribution in [3.63, 3.8) is 0 Å². The number of benzene rings is 1. The molecule has 4 nitrogen and oxygen atoms in total. The summed E-state index contributed by atoms with van der Waals surface area (Å²) < 4.78 is 0. The third kappa shape index (κ3) is 4.73. The summed E-state index contributed by atoms with van der Waals surface area (Å²) in [5.41, 5.74) is 1.05. The first-order chi connectivity index (χ1) is 8.91. The smallest absolute Gasteiger partial charge is 0.240 e. The van der Waals surface area contributed by atoms with Gasteiger partial charge in [0, 0.05) is 13.0 Å². The van der Waals surface area contributed by atoms with Crippen LogP contribution in [0.25, 0.3) is 0 Å². The first kappa shape index (κ1) is 15.2. The predicted octanol–water partition coefficient (Wildman–Crippen LogP) is 2.12. The summed E-state index contributed by atoms with van der Waals surface area (Å²) >= 11 is 0. The molecular formula is C15H22N2O2. The Morgan fingerprint density at radius 3 is 2.21 bits per heavy atom. The Balaban J connectivity index is 2.58. The van der Waals surface area contributed by atoms with E-state index in [0.29, 0.717) is 0 Å². The van der Waals surface area contributed by atoms with Crippen molar-refractivity contribution in [3.8, 4) is 0 Å². The molecule has 1 aromatic rings. The van der Waals surface area contributed by atoms with E-state index in [-0.39, 0.29) is 30.4 Å². The molecule has 0 aromatic heterocycles. The van der Waals surface area contributed by atoms with Crippen LogP contribution in [0.4, 0.5) is 0 Å². The van der Waals surface area contributed by atoms with Crippen molar-refractivity contribution in [2.75, 3.05) is 6.54 Å². The van der Waals surface area contributed by atoms with E-state index in [9.17, 15) is 9.59 Å². The largest absolute Gasteiger partial charge is 0.348 e. The van der Waals surface area contributed by atoms with Crippen molar-refractivity contribution in [2.24, 2.45) is 0 Å². The van der Waals surface area contributed by atoms with E-state index in [1.807, 2.05) is 51.1 Å². The lowest BCUT2D eigenvalue weighted by Crippen LogP contribution is -2.43. The molecule has 0 fully saturated rings. The molecule has 0 aliphatic carbocycles. The Kier molecular flexibility index (Phi) is 5.55. The Morgan fingerprint density at radius 2 is 1.74 bits per heavy atom. The molecule has 2 amide bonds. The number of hydrogen-bond acceptors (Lipinski definition) is 2. The number of amides is 2. The number of hydrogen-bond donors (Lipinski definition) is 1. The van der Waals surface area contributed by atoms with Gasteiger partial charge in [0.15, 0.2) is 0 Å². The molecular weight excluding hydrogens is 240 g/mol. The zero-order valence-electron chi connectivity index (χ0n) is 12.0. The summed E-state index contributed by atoms with van der Waals surface area (Å²) in [5.74, 6) is -0.224. The van der Waals surface area contributed by atoms with Gasteiger partial charge in [0.05, 0.1) is 12.6 Å². The Labute approximate surface area is 114 Å². The molecule has 0 heterocycles. The first-order valence-corrected chi connectivity index (χ1v) is 6.53. The van der Waals surface area contributed by atoms with Gasteiger partial charge in [-0.25, -0.2) is 0 Å². The zero-order valence-corrected chi connectivity index (χ0v) is 12.0. The van der Waals surface area contributed by atoms with E-state index in [4.69, 9.17) is 0 Å². The highest BCUT2D eigenvalue weighted by molar-refractivity contribution is 5.84. The first-order valence-electron chi connectivity index (χ1n) is 6.53. The maximum atomic E-state index is 11.9. The fraction of sp³-hybridized carbons (Fsp3) is 0.467. The normalized spacial score (nSPS) is 12.1. The monoisotopic (exact) mass is 262 g/mol. The van der Waals surface area contributed by atoms with Crippen molar-refractivity contribution < 1.29 is 9.59 Å². The van der Waals surface area contributed by atoms with Gasteiger partial charge in [-0.1, -0.05) is 30.3 Å². The molecule has 4 heteroatoms. The van der Waals surface area contributed by atoms with E-state index < -0.39 is 0 Å². The SMILES string of the molecule is CC(=O)N(CC(=O)NC(C)c1ccccc1)C(C)C. The molecule has 0 bridgehead atoms. The lowest BCUT2D eigenvalue weighted by molar-refractivity contribution is -0.136. The molecule has 0 saturated heterocycles. The van der Waals surface area contributed by atoms with Gasteiger partial charge in [-0.15, -0.1) is 0 Å². The second-order valence-electron chi connectivity index (χ2n) is 4.94. The summed E-state index contributed by atoms with van der Waals surface area (Å²) in [6.45, 7) is 7.31. The molecule has 1 unspecified atom stereocenters. The van der Waals surface area contributed by atoms with E-state index in [0.717, 1.165) is 5.56 Å². The van der Waals surface area contributed by atoms with Gasteiger partial charge in [-0.05, 0) is 26.3 Å². The van der Waals surface area contributed by atoms with Gasteiger partial charge in [-0.3, -0.25) is 9.59 Å². The third-order valence-electron chi connectivity index (χ3n) is 3.02. The minimum Gasteiger partial charge on any atom is -0.348 e. The molecule has 0 radical (unpaired) electrons. The Hall–Kier alpha value is -1.84. The summed E-state index contributed by atoms with van der Waals surface area (Å²) in [6.07, 6.45) is 0. The fourth-order valence-electron chi connectivity index (χ4n) is 1.92. The van der Waals surface area contributed by atoms with Gasteiger partial charge in [0.25, 0.3) is 0 Å². The predicted molar refractivity (Wildman–Crippen MR) is 75.5 cm³/mol. The summed E-state index contributed by atoms with van der Waals surface area (Å²) in [4.78, 5) is 24.9. The van der Waals surface area contributed by atoms with Gasteiger partial charge in [-0.2, -0.15) is 0 Å². The average molecular weight is 262 g/mol. The van der Waals surface area contributed by atoms with Crippen LogP contribution >= 0.6 is 0 Å². The quantitative estimate of drug-likeness (QED) is 0.883. The lowest BCUT2D eigenvalue weighted by atomic mass is 10.1. The fourth-order valence-corrected chi connectivity index (χ4v) is 1.92. The summed E-state index contributed by atoms with van der Waals surface area (Å²) in [5, 5.41) is 2.90. The van der Waals surface area contributed by atoms with Crippen molar-refractivity contribution in [3.05, 3.63) is 35.9 Å². The van der Waals surface area contributed by atoms with Crippen molar-refractivity contribution in [1.82, 2.24) is 10.2 Å². The molecule has 1 aromatic carbocycles. The van der Waals surface area contributed by atoms with E-state index in [2.05, 4.69) is 5.32 Å². The number of nitrogens with one attached hydrogen (secondary N) is 1. The van der Waals surface area contributed by atoms with E-state index in [1.54, 1.807) is 4.90 Å². The van der Waals surface area contributed by atoms with Crippen molar-refractivity contribution >= 4 is 11.8 Å². The Morgan fingerprint density at radius 1 is 1.16 bits per heavy atom. The number of carbonyl (C=O) groups is 2. The van der Waals surface area contributed by atoms with Gasteiger partial charge in [0.2, 0.25) is 11.8 Å². The second kappa shape index (κ2) is 6.92. The van der Waals surface area contributed by atoms with E-state index in [1.165, 1.54) is 6.92 Å². The van der Waals surface area contributed by atoms with E-state index >= 15 is 0 Å². The highest BCUT2D eigenvalue weighted by atomic mass is 16.2. The maximum absolute atomic E-state index is 11.9. The highest BCUT2D eigenvalue weighted by Gasteiger charge is 2.17. The van der Waals surface area contributed by atoms with Gasteiger partial charge < -0.3 is 10.2 Å². The zero-order chi connectivity index (χ0) is 14.4. The minimum absolute atomic E-state index is 0.0234. The molecule has 1 atom stereocenters. The number of nitrogens with zero attached hydrogens (tertiary/aromatic N) is 1. The lowest BCUT2D eigenvalue weighted by Gasteiger charge is -2.25. The van der Waals surface area contributed by atoms with Crippen LogP contribution in [0.2, 0.25) is 0 Å². The van der Waals surface area contributed by atoms with Crippen LogP contribution in [-0.2, 0) is 9.59 Å². The van der Waals surface area contributed by atoms with Crippen LogP contribution in [0.1, 0.15) is 39.3 Å². The minimum atomic E-state index is -0.139. The molecule has 0 saturated carbocycles. The number of carbonyl (C=O) groups excluding carboxylic acids is 2. The summed E-state index contributed by atoms with van der Waals surface area (Å²) in [6, 6.07) is 9.72. The van der Waals surface area contributed by atoms with Crippen LogP contribution < -0.4 is 5.32 Å². The molecule has 1 rings (SSSR count). The Bertz CT molecular complexity index is 429. The highest BCUT2D eigenvalue weighted by Crippen LogP contribution is 2.11. The average Bonchev–Trinajstić information content (AvgIpc) is 2.36. The molecule has 0 spiro atoms. The molecule has 0 aliphatic rings.